The summed E-state index contributed by atoms with van der Waals surface area (Å²) >= 11 is 0. The van der Waals surface area contributed by atoms with Gasteiger partial charge < -0.3 is 34.9 Å². The Morgan fingerprint density at radius 2 is 2.03 bits per heavy atom. The van der Waals surface area contributed by atoms with Gasteiger partial charge in [-0.15, -0.1) is 0 Å². The van der Waals surface area contributed by atoms with E-state index < -0.39 is 14.7 Å². The molecule has 13 heteroatoms. The van der Waals surface area contributed by atoms with Gasteiger partial charge in [-0.2, -0.15) is 9.97 Å². The normalized spacial score (nSPS) is 11.4. The highest BCUT2D eigenvalue weighted by atomic mass is 31.1. The van der Waals surface area contributed by atoms with Crippen LogP contribution in [0.25, 0.3) is 11.2 Å². The van der Waals surface area contributed by atoms with Gasteiger partial charge in [0.2, 0.25) is 0 Å². The summed E-state index contributed by atoms with van der Waals surface area (Å²) in [5, 5.41) is 2.68. The average molecular weight is 450 g/mol. The second-order valence-electron chi connectivity index (χ2n) is 6.34. The van der Waals surface area contributed by atoms with Crippen LogP contribution in [-0.4, -0.2) is 63.8 Å². The van der Waals surface area contributed by atoms with Gasteiger partial charge in [-0.05, 0) is 17.7 Å². The number of aromatic amines is 1. The minimum absolute atomic E-state index is 0.0486. The van der Waals surface area contributed by atoms with Crippen molar-refractivity contribution in [3.8, 4) is 6.01 Å². The van der Waals surface area contributed by atoms with Gasteiger partial charge >= 0.3 is 11.7 Å². The van der Waals surface area contributed by atoms with Crippen molar-refractivity contribution in [2.75, 3.05) is 39.2 Å². The van der Waals surface area contributed by atoms with Gasteiger partial charge in [0.25, 0.3) is 5.91 Å². The van der Waals surface area contributed by atoms with Crippen molar-refractivity contribution in [3.63, 3.8) is 0 Å². The van der Waals surface area contributed by atoms with Crippen LogP contribution in [0.1, 0.15) is 15.9 Å². The SMILES string of the molecule is COCCOc1nc(N)c2[nH]c(=O)n(Cc3ccc(C(=O)NCCOPO)cc3)c2n1. The number of rotatable bonds is 11. The van der Waals surface area contributed by atoms with E-state index in [1.807, 2.05) is 0 Å². The van der Waals surface area contributed by atoms with E-state index in [4.69, 9.17) is 24.6 Å². The molecule has 0 aliphatic carbocycles. The van der Waals surface area contributed by atoms with Crippen LogP contribution in [0.2, 0.25) is 0 Å². The average Bonchev–Trinajstić information content (AvgIpc) is 3.08. The Morgan fingerprint density at radius 3 is 2.74 bits per heavy atom. The lowest BCUT2D eigenvalue weighted by molar-refractivity contribution is 0.0947. The van der Waals surface area contributed by atoms with E-state index in [0.717, 1.165) is 5.56 Å². The molecular formula is C18H23N6O6P. The molecule has 31 heavy (non-hydrogen) atoms. The monoisotopic (exact) mass is 450 g/mol. The highest BCUT2D eigenvalue weighted by molar-refractivity contribution is 7.24. The third-order valence-corrected chi connectivity index (χ3v) is 4.59. The third-order valence-electron chi connectivity index (χ3n) is 4.26. The van der Waals surface area contributed by atoms with Crippen LogP contribution in [0.4, 0.5) is 5.82 Å². The summed E-state index contributed by atoms with van der Waals surface area (Å²) in [7, 11) is 0.940. The fourth-order valence-electron chi connectivity index (χ4n) is 2.77. The van der Waals surface area contributed by atoms with Gasteiger partial charge in [0, 0.05) is 19.2 Å². The number of H-pyrrole nitrogens is 1. The molecule has 5 N–H and O–H groups in total. The lowest BCUT2D eigenvalue weighted by atomic mass is 10.1. The number of aromatic nitrogens is 4. The van der Waals surface area contributed by atoms with E-state index >= 15 is 0 Å². The zero-order valence-corrected chi connectivity index (χ0v) is 17.8. The fourth-order valence-corrected chi connectivity index (χ4v) is 2.96. The van der Waals surface area contributed by atoms with Crippen LogP contribution in [0.3, 0.4) is 0 Å². The number of nitrogens with one attached hydrogen (secondary N) is 2. The molecule has 0 saturated carbocycles. The molecule has 12 nitrogen and oxygen atoms in total. The van der Waals surface area contributed by atoms with Gasteiger partial charge in [0.05, 0.1) is 19.8 Å². The quantitative estimate of drug-likeness (QED) is 0.233. The summed E-state index contributed by atoms with van der Waals surface area (Å²) in [6.07, 6.45) is 0. The molecule has 0 spiro atoms. The predicted molar refractivity (Wildman–Crippen MR) is 114 cm³/mol. The number of benzene rings is 1. The number of carbonyl (C=O) groups is 1. The van der Waals surface area contributed by atoms with Crippen molar-refractivity contribution in [2.45, 2.75) is 6.54 Å². The molecule has 0 aliphatic heterocycles. The Bertz CT molecular complexity index is 1080. The first-order valence-electron chi connectivity index (χ1n) is 9.29. The maximum absolute atomic E-state index is 12.4. The van der Waals surface area contributed by atoms with E-state index in [1.54, 1.807) is 31.4 Å². The van der Waals surface area contributed by atoms with E-state index in [1.165, 1.54) is 4.57 Å². The van der Waals surface area contributed by atoms with E-state index in [0.29, 0.717) is 23.3 Å². The first-order valence-corrected chi connectivity index (χ1v) is 10.1. The lowest BCUT2D eigenvalue weighted by Gasteiger charge is -2.08. The summed E-state index contributed by atoms with van der Waals surface area (Å²) in [4.78, 5) is 44.1. The molecule has 2 heterocycles. The second kappa shape index (κ2) is 10.8. The Hall–Kier alpha value is -3.05. The van der Waals surface area contributed by atoms with Crippen LogP contribution in [-0.2, 0) is 15.8 Å². The van der Waals surface area contributed by atoms with Gasteiger partial charge in [-0.3, -0.25) is 9.36 Å². The van der Waals surface area contributed by atoms with E-state index in [-0.39, 0.29) is 44.0 Å². The van der Waals surface area contributed by atoms with Crippen LogP contribution in [0.5, 0.6) is 6.01 Å². The number of hydrogen-bond donors (Lipinski definition) is 4. The molecule has 1 atom stereocenters. The standard InChI is InChI=1S/C18H23N6O6P/c1-28-8-9-29-17-22-14(19)13-15(23-17)24(18(26)21-13)10-11-2-4-12(5-3-11)16(25)20-6-7-30-31-27/h2-5,27,31H,6-10H2,1H3,(H,20,25)(H,21,26)(H2,19,22,23). The number of fused-ring (bicyclic) bond motifs is 1. The molecule has 1 unspecified atom stereocenters. The molecule has 0 fully saturated rings. The molecule has 1 amide bonds. The smallest absolute Gasteiger partial charge is 0.328 e. The Kier molecular flexibility index (Phi) is 7.90. The molecule has 1 aromatic carbocycles. The largest absolute Gasteiger partial charge is 0.461 e. The summed E-state index contributed by atoms with van der Waals surface area (Å²) < 4.78 is 16.5. The predicted octanol–water partition coefficient (Wildman–Crippen LogP) is 0.0225. The minimum Gasteiger partial charge on any atom is -0.461 e. The first kappa shape index (κ1) is 22.6. The number of nitrogens with two attached hydrogens (primary N) is 1. The van der Waals surface area contributed by atoms with E-state index in [9.17, 15) is 9.59 Å². The third kappa shape index (κ3) is 5.76. The fraction of sp³-hybridized carbons (Fsp3) is 0.333. The summed E-state index contributed by atoms with van der Waals surface area (Å²) in [6.45, 7) is 1.32. The molecule has 166 valence electrons. The van der Waals surface area contributed by atoms with Crippen molar-refractivity contribution in [1.82, 2.24) is 24.8 Å². The molecule has 0 bridgehead atoms. The summed E-state index contributed by atoms with van der Waals surface area (Å²) in [5.41, 5.74) is 7.43. The number of ether oxygens (including phenoxy) is 2. The maximum Gasteiger partial charge on any atom is 0.328 e. The van der Waals surface area contributed by atoms with Crippen molar-refractivity contribution in [1.29, 1.82) is 0 Å². The highest BCUT2D eigenvalue weighted by Crippen LogP contribution is 2.18. The van der Waals surface area contributed by atoms with Gasteiger partial charge in [0.15, 0.2) is 20.5 Å². The highest BCUT2D eigenvalue weighted by Gasteiger charge is 2.15. The second-order valence-corrected chi connectivity index (χ2v) is 6.81. The van der Waals surface area contributed by atoms with Crippen LogP contribution in [0, 0.1) is 0 Å². The van der Waals surface area contributed by atoms with Gasteiger partial charge in [-0.1, -0.05) is 12.1 Å². The van der Waals surface area contributed by atoms with Gasteiger partial charge in [0.1, 0.15) is 12.1 Å². The van der Waals surface area contributed by atoms with Gasteiger partial charge in [-0.25, -0.2) is 4.79 Å². The zero-order valence-electron chi connectivity index (χ0n) is 16.8. The molecule has 2 aromatic heterocycles. The molecular weight excluding hydrogens is 427 g/mol. The van der Waals surface area contributed by atoms with Crippen molar-refractivity contribution in [2.24, 2.45) is 0 Å². The molecule has 0 radical (unpaired) electrons. The number of nitrogens with zero attached hydrogens (tertiary/aromatic N) is 3. The lowest BCUT2D eigenvalue weighted by Crippen LogP contribution is -2.26. The van der Waals surface area contributed by atoms with Crippen LogP contribution in [0.15, 0.2) is 29.1 Å². The Balaban J connectivity index is 1.75. The number of carbonyl (C=O) groups excluding carboxylic acids is 1. The number of hydrogen-bond acceptors (Lipinski definition) is 9. The zero-order chi connectivity index (χ0) is 22.2. The molecule has 0 aliphatic rings. The Morgan fingerprint density at radius 1 is 1.26 bits per heavy atom. The maximum atomic E-state index is 12.4. The van der Waals surface area contributed by atoms with Crippen molar-refractivity contribution in [3.05, 3.63) is 45.9 Å². The number of amides is 1. The topological polar surface area (TPSA) is 167 Å². The van der Waals surface area contributed by atoms with Crippen LogP contribution < -0.4 is 21.5 Å². The molecule has 3 aromatic rings. The molecule has 0 saturated heterocycles. The minimum atomic E-state index is -0.608. The summed E-state index contributed by atoms with van der Waals surface area (Å²) in [5.74, 6) is -0.162. The first-order chi connectivity index (χ1) is 15.0. The number of imidazole rings is 1. The number of anilines is 1. The van der Waals surface area contributed by atoms with Crippen molar-refractivity contribution >= 4 is 31.9 Å². The van der Waals surface area contributed by atoms with Crippen molar-refractivity contribution < 1.29 is 23.7 Å². The summed E-state index contributed by atoms with van der Waals surface area (Å²) in [6, 6.07) is 6.84. The molecule has 3 rings (SSSR count). The Labute approximate surface area is 178 Å². The van der Waals surface area contributed by atoms with Crippen LogP contribution >= 0.6 is 9.03 Å². The number of methoxy groups -OCH3 is 1. The van der Waals surface area contributed by atoms with E-state index in [2.05, 4.69) is 20.3 Å². The number of nitrogen functional groups attached to an aromatic ring is 1.